The maximum Gasteiger partial charge on any atom is 0.306 e. The van der Waals surface area contributed by atoms with E-state index in [9.17, 15) is 14.4 Å². The lowest BCUT2D eigenvalue weighted by molar-refractivity contribution is -0.166. The summed E-state index contributed by atoms with van der Waals surface area (Å²) in [7, 11) is 0. The Morgan fingerprint density at radius 2 is 0.506 bits per heavy atom. The number of hydrogen-bond donors (Lipinski definition) is 0. The van der Waals surface area contributed by atoms with E-state index in [4.69, 9.17) is 14.2 Å². The zero-order chi connectivity index (χ0) is 58.5. The molecule has 0 aliphatic carbocycles. The lowest BCUT2D eigenvalue weighted by Crippen LogP contribution is -2.30. The van der Waals surface area contributed by atoms with Gasteiger partial charge in [0.15, 0.2) is 6.10 Å². The second-order valence-electron chi connectivity index (χ2n) is 20.9. The Hall–Kier alpha value is -5.23. The van der Waals surface area contributed by atoms with Gasteiger partial charge in [0, 0.05) is 19.3 Å². The summed E-state index contributed by atoms with van der Waals surface area (Å²) in [5, 5.41) is 0. The van der Waals surface area contributed by atoms with Gasteiger partial charge in [-0.2, -0.15) is 0 Å². The monoisotopic (exact) mass is 1110 g/mol. The first kappa shape index (κ1) is 75.8. The van der Waals surface area contributed by atoms with E-state index >= 15 is 0 Å². The minimum atomic E-state index is -0.826. The van der Waals surface area contributed by atoms with E-state index in [0.29, 0.717) is 19.3 Å². The second-order valence-corrected chi connectivity index (χ2v) is 20.9. The summed E-state index contributed by atoms with van der Waals surface area (Å²) >= 11 is 0. The van der Waals surface area contributed by atoms with E-state index in [1.807, 2.05) is 12.2 Å². The molecule has 0 aliphatic rings. The largest absolute Gasteiger partial charge is 0.462 e. The third kappa shape index (κ3) is 65.5. The molecule has 0 fully saturated rings. The predicted octanol–water partition coefficient (Wildman–Crippen LogP) is 22.7. The van der Waals surface area contributed by atoms with Gasteiger partial charge < -0.3 is 14.2 Å². The third-order valence-corrected chi connectivity index (χ3v) is 13.2. The molecule has 0 rings (SSSR count). The fourth-order valence-electron chi connectivity index (χ4n) is 8.43. The fraction of sp³-hybridized carbons (Fsp3) is 0.587. The molecule has 0 aromatic carbocycles. The summed E-state index contributed by atoms with van der Waals surface area (Å²) in [6.45, 7) is 6.32. The number of carbonyl (C=O) groups is 3. The molecule has 0 saturated heterocycles. The second kappa shape index (κ2) is 67.3. The zero-order valence-electron chi connectivity index (χ0n) is 52.0. The first-order chi connectivity index (χ1) is 40.0. The van der Waals surface area contributed by atoms with Gasteiger partial charge in [0.25, 0.3) is 0 Å². The Morgan fingerprint density at radius 1 is 0.259 bits per heavy atom. The summed E-state index contributed by atoms with van der Waals surface area (Å²) in [6.07, 6.45) is 99.6. The molecule has 0 aromatic heterocycles. The van der Waals surface area contributed by atoms with Crippen LogP contribution >= 0.6 is 0 Å². The van der Waals surface area contributed by atoms with E-state index < -0.39 is 12.1 Å². The zero-order valence-corrected chi connectivity index (χ0v) is 52.0. The van der Waals surface area contributed by atoms with Crippen molar-refractivity contribution in [3.63, 3.8) is 0 Å². The minimum Gasteiger partial charge on any atom is -0.462 e. The number of allylic oxidation sites excluding steroid dienone is 28. The molecule has 0 aliphatic heterocycles. The van der Waals surface area contributed by atoms with E-state index in [0.717, 1.165) is 135 Å². The lowest BCUT2D eigenvalue weighted by atomic mass is 10.1. The van der Waals surface area contributed by atoms with Crippen LogP contribution in [0.5, 0.6) is 0 Å². The highest BCUT2D eigenvalue weighted by molar-refractivity contribution is 5.71. The Labute approximate surface area is 498 Å². The van der Waals surface area contributed by atoms with Crippen LogP contribution in [0.3, 0.4) is 0 Å². The van der Waals surface area contributed by atoms with Gasteiger partial charge in [-0.15, -0.1) is 0 Å². The smallest absolute Gasteiger partial charge is 0.306 e. The van der Waals surface area contributed by atoms with Gasteiger partial charge in [0.1, 0.15) is 13.2 Å². The molecule has 0 radical (unpaired) electrons. The van der Waals surface area contributed by atoms with Gasteiger partial charge in [0.2, 0.25) is 0 Å². The van der Waals surface area contributed by atoms with Crippen LogP contribution in [-0.2, 0) is 28.6 Å². The van der Waals surface area contributed by atoms with Gasteiger partial charge in [0.05, 0.1) is 0 Å². The van der Waals surface area contributed by atoms with Gasteiger partial charge in [-0.3, -0.25) is 14.4 Å². The van der Waals surface area contributed by atoms with Gasteiger partial charge >= 0.3 is 17.9 Å². The summed E-state index contributed by atoms with van der Waals surface area (Å²) in [6, 6.07) is 0. The van der Waals surface area contributed by atoms with Crippen LogP contribution in [0.1, 0.15) is 265 Å². The van der Waals surface area contributed by atoms with Crippen LogP contribution < -0.4 is 0 Å². The Balaban J connectivity index is 4.26. The molecule has 1 atom stereocenters. The highest BCUT2D eigenvalue weighted by Crippen LogP contribution is 2.15. The quantitative estimate of drug-likeness (QED) is 0.0261. The number of unbranched alkanes of at least 4 members (excludes halogenated alkanes) is 18. The predicted molar refractivity (Wildman–Crippen MR) is 352 cm³/mol. The number of ether oxygens (including phenoxy) is 3. The Morgan fingerprint density at radius 3 is 0.802 bits per heavy atom. The standard InChI is InChI=1S/C75H118O6/c1-4-7-10-13-16-19-21-23-25-27-29-30-31-32-33-34-35-36-37-38-39-40-41-42-43-44-46-47-49-51-53-56-59-62-65-68-74(77)80-71-72(70-79-73(76)67-64-61-58-55-18-15-12-9-6-3)81-75(78)69-66-63-60-57-54-52-50-48-45-28-26-24-22-20-17-14-11-8-5-2/h7-8,10-11,16-17,19-20,23-26,29-30,32-33,35-36,38-39,41-42,45,48,52,54,60,63,72H,4-6,9,12-15,18,21-22,27-28,31,34,37,40,43-44,46-47,49-51,53,55-59,61-62,64-71H2,1-3H3/b10-7-,11-8-,19-16-,20-17-,25-23-,26-24-,30-29-,33-32-,36-35-,39-38-,42-41-,48-45-,54-52-,63-60-. The van der Waals surface area contributed by atoms with Crippen molar-refractivity contribution >= 4 is 17.9 Å². The van der Waals surface area contributed by atoms with Crippen LogP contribution in [0.2, 0.25) is 0 Å². The summed E-state index contributed by atoms with van der Waals surface area (Å²) < 4.78 is 16.8. The summed E-state index contributed by atoms with van der Waals surface area (Å²) in [5.41, 5.74) is 0. The van der Waals surface area contributed by atoms with Crippen LogP contribution in [-0.4, -0.2) is 37.2 Å². The van der Waals surface area contributed by atoms with E-state index in [2.05, 4.69) is 179 Å². The molecule has 0 saturated carbocycles. The van der Waals surface area contributed by atoms with E-state index in [1.54, 1.807) is 0 Å². The van der Waals surface area contributed by atoms with Crippen LogP contribution in [0.4, 0.5) is 0 Å². The van der Waals surface area contributed by atoms with Gasteiger partial charge in [-0.25, -0.2) is 0 Å². The number of esters is 3. The first-order valence-electron chi connectivity index (χ1n) is 32.6. The topological polar surface area (TPSA) is 78.9 Å². The molecule has 454 valence electrons. The van der Waals surface area contributed by atoms with Crippen molar-refractivity contribution in [2.45, 2.75) is 271 Å². The summed E-state index contributed by atoms with van der Waals surface area (Å²) in [4.78, 5) is 38.1. The van der Waals surface area contributed by atoms with E-state index in [1.165, 1.54) is 83.5 Å². The van der Waals surface area contributed by atoms with Crippen molar-refractivity contribution in [3.8, 4) is 0 Å². The molecule has 0 spiro atoms. The Bertz CT molecular complexity index is 1860. The number of hydrogen-bond acceptors (Lipinski definition) is 6. The molecule has 0 N–H and O–H groups in total. The van der Waals surface area contributed by atoms with E-state index in [-0.39, 0.29) is 31.6 Å². The van der Waals surface area contributed by atoms with Crippen molar-refractivity contribution in [3.05, 3.63) is 170 Å². The van der Waals surface area contributed by atoms with Crippen LogP contribution in [0.25, 0.3) is 0 Å². The molecule has 0 amide bonds. The fourth-order valence-corrected chi connectivity index (χ4v) is 8.43. The molecule has 0 aromatic rings. The molecule has 0 heterocycles. The lowest BCUT2D eigenvalue weighted by Gasteiger charge is -2.18. The average molecular weight is 1120 g/mol. The third-order valence-electron chi connectivity index (χ3n) is 13.2. The summed E-state index contributed by atoms with van der Waals surface area (Å²) in [5.74, 6) is -1.01. The maximum absolute atomic E-state index is 12.8. The minimum absolute atomic E-state index is 0.114. The maximum atomic E-state index is 12.8. The molecule has 0 bridgehead atoms. The van der Waals surface area contributed by atoms with Crippen molar-refractivity contribution in [1.29, 1.82) is 0 Å². The van der Waals surface area contributed by atoms with Crippen molar-refractivity contribution in [2.75, 3.05) is 13.2 Å². The normalized spacial score (nSPS) is 13.3. The number of carbonyl (C=O) groups excluding carboxylic acids is 3. The molecular weight excluding hydrogens is 997 g/mol. The van der Waals surface area contributed by atoms with Gasteiger partial charge in [-0.1, -0.05) is 294 Å². The van der Waals surface area contributed by atoms with Crippen LogP contribution in [0.15, 0.2) is 170 Å². The van der Waals surface area contributed by atoms with Crippen molar-refractivity contribution < 1.29 is 28.6 Å². The van der Waals surface area contributed by atoms with Crippen molar-refractivity contribution in [1.82, 2.24) is 0 Å². The van der Waals surface area contributed by atoms with Crippen LogP contribution in [0, 0.1) is 0 Å². The molecule has 1 unspecified atom stereocenters. The Kier molecular flexibility index (Phi) is 62.9. The average Bonchev–Trinajstić information content (AvgIpc) is 3.47. The molecular formula is C75H118O6. The highest BCUT2D eigenvalue weighted by Gasteiger charge is 2.19. The highest BCUT2D eigenvalue weighted by atomic mass is 16.6. The molecule has 81 heavy (non-hydrogen) atoms. The van der Waals surface area contributed by atoms with Gasteiger partial charge in [-0.05, 0) is 122 Å². The SMILES string of the molecule is CC/C=C\C/C=C\C/C=C\C/C=C\C/C=C\C/C=C\C/C=C\C/C=C\CCCCCCCCCCCCC(=O)OCC(COC(=O)CCCCCCCCCCC)OC(=O)CC/C=C\C/C=C\C/C=C\C/C=C\C/C=C\C/C=C\CC. The molecule has 6 nitrogen and oxygen atoms in total. The first-order valence-corrected chi connectivity index (χ1v) is 32.6. The van der Waals surface area contributed by atoms with Crippen molar-refractivity contribution in [2.24, 2.45) is 0 Å². The number of rotatable bonds is 57. The molecule has 6 heteroatoms.